The molecule has 1 saturated heterocycles. The Bertz CT molecular complexity index is 829. The minimum Gasteiger partial charge on any atom is -0.326 e. The molecule has 0 radical (unpaired) electrons. The lowest BCUT2D eigenvalue weighted by atomic mass is 9.97. The van der Waals surface area contributed by atoms with Crippen LogP contribution in [-0.4, -0.2) is 41.3 Å². The Morgan fingerprint density at radius 2 is 2.00 bits per heavy atom. The number of amides is 2. The molecule has 0 saturated carbocycles. The molecule has 1 aromatic carbocycles. The van der Waals surface area contributed by atoms with Crippen molar-refractivity contribution in [2.45, 2.75) is 19.3 Å². The summed E-state index contributed by atoms with van der Waals surface area (Å²) in [6.07, 6.45) is 3.61. The fourth-order valence-electron chi connectivity index (χ4n) is 3.20. The summed E-state index contributed by atoms with van der Waals surface area (Å²) in [5, 5.41) is 6.79. The standard InChI is InChI=1S/C20H22Cl2N4O2/c21-15-4-1-5-17(11-15)24-19(27)8-10-26-9-2-3-14(13-26)20(28)25-18-7-6-16(22)12-23-18/h1,4-7,11-12,14H,2-3,8-10,13H2,(H,24,27)(H,23,25,28). The van der Waals surface area contributed by atoms with E-state index >= 15 is 0 Å². The maximum Gasteiger partial charge on any atom is 0.229 e. The van der Waals surface area contributed by atoms with Crippen LogP contribution >= 0.6 is 23.2 Å². The topological polar surface area (TPSA) is 74.3 Å². The molecule has 2 N–H and O–H groups in total. The van der Waals surface area contributed by atoms with Crippen LogP contribution in [0.25, 0.3) is 0 Å². The molecule has 1 aromatic heterocycles. The van der Waals surface area contributed by atoms with Gasteiger partial charge in [0.1, 0.15) is 5.82 Å². The van der Waals surface area contributed by atoms with Crippen LogP contribution in [0.3, 0.4) is 0 Å². The number of nitrogens with one attached hydrogen (secondary N) is 2. The Hall–Kier alpha value is -2.15. The number of hydrogen-bond acceptors (Lipinski definition) is 4. The summed E-state index contributed by atoms with van der Waals surface area (Å²) in [5.74, 6) is 0.247. The third-order valence-corrected chi connectivity index (χ3v) is 5.08. The highest BCUT2D eigenvalue weighted by Gasteiger charge is 2.26. The van der Waals surface area contributed by atoms with E-state index in [1.54, 1.807) is 36.4 Å². The smallest absolute Gasteiger partial charge is 0.229 e. The van der Waals surface area contributed by atoms with Gasteiger partial charge in [0.05, 0.1) is 10.9 Å². The Kier molecular flexibility index (Phi) is 7.25. The lowest BCUT2D eigenvalue weighted by Crippen LogP contribution is -2.41. The fraction of sp³-hybridized carbons (Fsp3) is 0.350. The van der Waals surface area contributed by atoms with E-state index in [1.165, 1.54) is 6.20 Å². The van der Waals surface area contributed by atoms with Gasteiger partial charge < -0.3 is 15.5 Å². The van der Waals surface area contributed by atoms with Crippen LogP contribution in [-0.2, 0) is 9.59 Å². The number of rotatable bonds is 6. The highest BCUT2D eigenvalue weighted by atomic mass is 35.5. The SMILES string of the molecule is O=C(CCN1CCCC(C(=O)Nc2ccc(Cl)cn2)C1)Nc1cccc(Cl)c1. The van der Waals surface area contributed by atoms with Crippen LogP contribution in [0.15, 0.2) is 42.6 Å². The van der Waals surface area contributed by atoms with Gasteiger partial charge >= 0.3 is 0 Å². The monoisotopic (exact) mass is 420 g/mol. The van der Waals surface area contributed by atoms with Gasteiger partial charge in [-0.2, -0.15) is 0 Å². The first-order valence-corrected chi connectivity index (χ1v) is 9.95. The first kappa shape index (κ1) is 20.6. The largest absolute Gasteiger partial charge is 0.326 e. The van der Waals surface area contributed by atoms with Crippen molar-refractivity contribution in [3.05, 3.63) is 52.6 Å². The van der Waals surface area contributed by atoms with Crippen molar-refractivity contribution in [3.8, 4) is 0 Å². The summed E-state index contributed by atoms with van der Waals surface area (Å²) >= 11 is 11.7. The molecule has 0 bridgehead atoms. The number of anilines is 2. The molecule has 2 heterocycles. The van der Waals surface area contributed by atoms with Crippen LogP contribution in [0.2, 0.25) is 10.0 Å². The summed E-state index contributed by atoms with van der Waals surface area (Å²) in [6.45, 7) is 2.12. The number of hydrogen-bond donors (Lipinski definition) is 2. The van der Waals surface area contributed by atoms with Crippen LogP contribution < -0.4 is 10.6 Å². The molecule has 2 amide bonds. The first-order valence-electron chi connectivity index (χ1n) is 9.20. The van der Waals surface area contributed by atoms with Gasteiger partial charge in [-0.25, -0.2) is 4.98 Å². The molecule has 1 aliphatic heterocycles. The van der Waals surface area contributed by atoms with Crippen LogP contribution in [0.5, 0.6) is 0 Å². The molecule has 148 valence electrons. The number of pyridine rings is 1. The molecule has 28 heavy (non-hydrogen) atoms. The normalized spacial score (nSPS) is 17.1. The number of benzene rings is 1. The van der Waals surface area contributed by atoms with Gasteiger partial charge in [-0.1, -0.05) is 29.3 Å². The Labute approximate surface area is 174 Å². The summed E-state index contributed by atoms with van der Waals surface area (Å²) in [4.78, 5) is 30.9. The zero-order valence-electron chi connectivity index (χ0n) is 15.3. The molecule has 8 heteroatoms. The second-order valence-corrected chi connectivity index (χ2v) is 7.67. The van der Waals surface area contributed by atoms with Gasteiger partial charge in [0.2, 0.25) is 11.8 Å². The molecular weight excluding hydrogens is 399 g/mol. The summed E-state index contributed by atoms with van der Waals surface area (Å²) in [6, 6.07) is 10.4. The van der Waals surface area contributed by atoms with E-state index in [0.717, 1.165) is 19.4 Å². The minimum atomic E-state index is -0.123. The zero-order valence-corrected chi connectivity index (χ0v) is 16.8. The third kappa shape index (κ3) is 6.19. The number of piperidine rings is 1. The Morgan fingerprint density at radius 1 is 1.14 bits per heavy atom. The molecule has 2 aromatic rings. The maximum absolute atomic E-state index is 12.5. The van der Waals surface area contributed by atoms with Crippen molar-refractivity contribution in [2.75, 3.05) is 30.3 Å². The van der Waals surface area contributed by atoms with E-state index in [9.17, 15) is 9.59 Å². The van der Waals surface area contributed by atoms with Crippen molar-refractivity contribution in [2.24, 2.45) is 5.92 Å². The van der Waals surface area contributed by atoms with Gasteiger partial charge in [0.25, 0.3) is 0 Å². The molecule has 1 fully saturated rings. The quantitative estimate of drug-likeness (QED) is 0.738. The van der Waals surface area contributed by atoms with Crippen LogP contribution in [0.4, 0.5) is 11.5 Å². The number of carbonyl (C=O) groups excluding carboxylic acids is 2. The van der Waals surface area contributed by atoms with E-state index in [-0.39, 0.29) is 17.7 Å². The Morgan fingerprint density at radius 3 is 2.75 bits per heavy atom. The zero-order chi connectivity index (χ0) is 19.9. The summed E-state index contributed by atoms with van der Waals surface area (Å²) in [7, 11) is 0. The highest BCUT2D eigenvalue weighted by molar-refractivity contribution is 6.31. The lowest BCUT2D eigenvalue weighted by molar-refractivity contribution is -0.121. The Balaban J connectivity index is 1.45. The van der Waals surface area contributed by atoms with Gasteiger partial charge in [-0.05, 0) is 49.7 Å². The molecule has 3 rings (SSSR count). The van der Waals surface area contributed by atoms with Gasteiger partial charge in [-0.3, -0.25) is 9.59 Å². The molecule has 1 unspecified atom stereocenters. The van der Waals surface area contributed by atoms with Gasteiger partial charge in [0.15, 0.2) is 0 Å². The second kappa shape index (κ2) is 9.87. The first-order chi connectivity index (χ1) is 13.5. The summed E-state index contributed by atoms with van der Waals surface area (Å²) < 4.78 is 0. The second-order valence-electron chi connectivity index (χ2n) is 6.80. The number of carbonyl (C=O) groups is 2. The highest BCUT2D eigenvalue weighted by Crippen LogP contribution is 2.19. The van der Waals surface area contributed by atoms with E-state index in [4.69, 9.17) is 23.2 Å². The van der Waals surface area contributed by atoms with Crippen LogP contribution in [0, 0.1) is 5.92 Å². The fourth-order valence-corrected chi connectivity index (χ4v) is 3.50. The molecular formula is C20H22Cl2N4O2. The number of aromatic nitrogens is 1. The average Bonchev–Trinajstić information content (AvgIpc) is 2.68. The van der Waals surface area contributed by atoms with E-state index < -0.39 is 0 Å². The van der Waals surface area contributed by atoms with E-state index in [1.807, 2.05) is 0 Å². The molecule has 1 aliphatic rings. The molecule has 0 aliphatic carbocycles. The molecule has 1 atom stereocenters. The van der Waals surface area contributed by atoms with Crippen molar-refractivity contribution in [1.82, 2.24) is 9.88 Å². The molecule has 6 nitrogen and oxygen atoms in total. The minimum absolute atomic E-state index is 0.0529. The van der Waals surface area contributed by atoms with Crippen molar-refractivity contribution < 1.29 is 9.59 Å². The van der Waals surface area contributed by atoms with Gasteiger partial charge in [-0.15, -0.1) is 0 Å². The van der Waals surface area contributed by atoms with Crippen molar-refractivity contribution in [3.63, 3.8) is 0 Å². The van der Waals surface area contributed by atoms with Crippen molar-refractivity contribution in [1.29, 1.82) is 0 Å². The number of nitrogens with zero attached hydrogens (tertiary/aromatic N) is 2. The van der Waals surface area contributed by atoms with Crippen molar-refractivity contribution >= 4 is 46.5 Å². The maximum atomic E-state index is 12.5. The number of likely N-dealkylation sites (tertiary alicyclic amines) is 1. The predicted molar refractivity (Wildman–Crippen MR) is 112 cm³/mol. The third-order valence-electron chi connectivity index (χ3n) is 4.62. The van der Waals surface area contributed by atoms with Gasteiger partial charge in [0, 0.05) is 36.4 Å². The van der Waals surface area contributed by atoms with E-state index in [0.29, 0.717) is 41.1 Å². The average molecular weight is 421 g/mol. The lowest BCUT2D eigenvalue weighted by Gasteiger charge is -2.31. The van der Waals surface area contributed by atoms with E-state index in [2.05, 4.69) is 20.5 Å². The summed E-state index contributed by atoms with van der Waals surface area (Å²) in [5.41, 5.74) is 0.684. The molecule has 0 spiro atoms. The number of halogens is 2. The van der Waals surface area contributed by atoms with Crippen LogP contribution in [0.1, 0.15) is 19.3 Å². The predicted octanol–water partition coefficient (Wildman–Crippen LogP) is 4.07.